The number of nitrogens with two attached hydrogens (primary N) is 2. The molecule has 0 saturated heterocycles. The number of nitrogens with one attached hydrogen (secondary N) is 1. The topological polar surface area (TPSA) is 81.1 Å². The molecule has 0 aromatic heterocycles. The summed E-state index contributed by atoms with van der Waals surface area (Å²) in [6.45, 7) is 1.96. The average molecular weight is 331 g/mol. The normalized spacial score (nSPS) is 13.0. The van der Waals surface area contributed by atoms with Gasteiger partial charge in [0.05, 0.1) is 0 Å². The number of aryl methyl sites for hydroxylation is 1. The molecular formula is C21H21N3O. The van der Waals surface area contributed by atoms with Crippen molar-refractivity contribution in [3.8, 4) is 11.1 Å². The second kappa shape index (κ2) is 6.79. The molecule has 25 heavy (non-hydrogen) atoms. The number of benzene rings is 3. The van der Waals surface area contributed by atoms with Crippen LogP contribution >= 0.6 is 0 Å². The zero-order valence-electron chi connectivity index (χ0n) is 14.1. The van der Waals surface area contributed by atoms with Crippen molar-refractivity contribution in [3.05, 3.63) is 90.0 Å². The van der Waals surface area contributed by atoms with Crippen molar-refractivity contribution >= 4 is 11.6 Å². The monoisotopic (exact) mass is 331 g/mol. The number of carbonyl (C=O) groups is 1. The molecule has 1 unspecified atom stereocenters. The molecule has 0 saturated carbocycles. The summed E-state index contributed by atoms with van der Waals surface area (Å²) < 4.78 is 0. The van der Waals surface area contributed by atoms with E-state index in [1.54, 1.807) is 12.1 Å². The van der Waals surface area contributed by atoms with Crippen molar-refractivity contribution in [2.24, 2.45) is 11.5 Å². The van der Waals surface area contributed by atoms with Crippen LogP contribution in [0.25, 0.3) is 11.1 Å². The molecule has 0 heterocycles. The van der Waals surface area contributed by atoms with Crippen LogP contribution in [0.5, 0.6) is 0 Å². The van der Waals surface area contributed by atoms with Crippen LogP contribution in [0.3, 0.4) is 0 Å². The van der Waals surface area contributed by atoms with Gasteiger partial charge in [0.1, 0.15) is 0 Å². The fraction of sp³-hybridized carbons (Fsp3) is 0.0952. The number of hydrogen-bond donors (Lipinski definition) is 3. The first-order chi connectivity index (χ1) is 12.0. The zero-order valence-corrected chi connectivity index (χ0v) is 14.1. The molecule has 0 fully saturated rings. The number of carbonyl (C=O) groups excluding carboxylic acids is 1. The Labute approximate surface area is 147 Å². The molecule has 0 bridgehead atoms. The Morgan fingerprint density at radius 2 is 1.48 bits per heavy atom. The Hall–Kier alpha value is -3.11. The van der Waals surface area contributed by atoms with E-state index in [-0.39, 0.29) is 0 Å². The third-order valence-corrected chi connectivity index (χ3v) is 4.29. The SMILES string of the molecule is Cc1ccc(-c2ccccc2)cc1NC(N)(C(N)=O)c1ccccc1. The molecule has 3 rings (SSSR count). The molecule has 126 valence electrons. The van der Waals surface area contributed by atoms with Gasteiger partial charge in [-0.1, -0.05) is 72.8 Å². The minimum absolute atomic E-state index is 0.618. The summed E-state index contributed by atoms with van der Waals surface area (Å²) in [7, 11) is 0. The molecule has 0 aliphatic heterocycles. The standard InChI is InChI=1S/C21H21N3O/c1-15-12-13-17(16-8-4-2-5-9-16)14-19(15)24-21(23,20(22)25)18-10-6-3-7-11-18/h2-14,24H,23H2,1H3,(H2,22,25). The molecule has 3 aromatic rings. The molecule has 1 atom stereocenters. The van der Waals surface area contributed by atoms with Crippen LogP contribution in [0.15, 0.2) is 78.9 Å². The largest absolute Gasteiger partial charge is 0.366 e. The fourth-order valence-corrected chi connectivity index (χ4v) is 2.76. The zero-order chi connectivity index (χ0) is 17.9. The van der Waals surface area contributed by atoms with Gasteiger partial charge in [0, 0.05) is 11.3 Å². The summed E-state index contributed by atoms with van der Waals surface area (Å²) in [5.41, 5.74) is 15.0. The lowest BCUT2D eigenvalue weighted by atomic mass is 9.97. The van der Waals surface area contributed by atoms with Crippen LogP contribution in [0.2, 0.25) is 0 Å². The van der Waals surface area contributed by atoms with E-state index in [1.165, 1.54) is 0 Å². The fourth-order valence-electron chi connectivity index (χ4n) is 2.76. The summed E-state index contributed by atoms with van der Waals surface area (Å²) in [5, 5.41) is 3.15. The number of anilines is 1. The lowest BCUT2D eigenvalue weighted by Gasteiger charge is -2.30. The van der Waals surface area contributed by atoms with E-state index in [4.69, 9.17) is 11.5 Å². The summed E-state index contributed by atoms with van der Waals surface area (Å²) in [4.78, 5) is 12.1. The maximum Gasteiger partial charge on any atom is 0.262 e. The molecular weight excluding hydrogens is 310 g/mol. The first-order valence-corrected chi connectivity index (χ1v) is 8.09. The molecule has 3 aromatic carbocycles. The van der Waals surface area contributed by atoms with E-state index in [9.17, 15) is 4.79 Å². The Kier molecular flexibility index (Phi) is 4.55. The molecule has 0 radical (unpaired) electrons. The summed E-state index contributed by atoms with van der Waals surface area (Å²) in [5.74, 6) is -0.636. The van der Waals surface area contributed by atoms with Crippen molar-refractivity contribution in [2.45, 2.75) is 12.6 Å². The van der Waals surface area contributed by atoms with Crippen LogP contribution in [0.4, 0.5) is 5.69 Å². The Balaban J connectivity index is 2.02. The van der Waals surface area contributed by atoms with Crippen molar-refractivity contribution in [2.75, 3.05) is 5.32 Å². The number of amides is 1. The Morgan fingerprint density at radius 1 is 0.880 bits per heavy atom. The molecule has 0 spiro atoms. The smallest absolute Gasteiger partial charge is 0.262 e. The van der Waals surface area contributed by atoms with Crippen molar-refractivity contribution in [3.63, 3.8) is 0 Å². The van der Waals surface area contributed by atoms with Gasteiger partial charge in [-0.15, -0.1) is 0 Å². The minimum Gasteiger partial charge on any atom is -0.366 e. The highest BCUT2D eigenvalue weighted by atomic mass is 16.2. The predicted octanol–water partition coefficient (Wildman–Crippen LogP) is 3.37. The van der Waals surface area contributed by atoms with Crippen LogP contribution in [-0.4, -0.2) is 5.91 Å². The van der Waals surface area contributed by atoms with Crippen molar-refractivity contribution in [1.82, 2.24) is 0 Å². The highest BCUT2D eigenvalue weighted by molar-refractivity contribution is 5.89. The van der Waals surface area contributed by atoms with E-state index >= 15 is 0 Å². The van der Waals surface area contributed by atoms with Crippen LogP contribution in [0, 0.1) is 6.92 Å². The van der Waals surface area contributed by atoms with E-state index in [2.05, 4.69) is 5.32 Å². The van der Waals surface area contributed by atoms with Gasteiger partial charge >= 0.3 is 0 Å². The lowest BCUT2D eigenvalue weighted by Crippen LogP contribution is -2.55. The summed E-state index contributed by atoms with van der Waals surface area (Å²) >= 11 is 0. The average Bonchev–Trinajstić information content (AvgIpc) is 2.64. The van der Waals surface area contributed by atoms with Gasteiger partial charge in [0.25, 0.3) is 5.91 Å². The summed E-state index contributed by atoms with van der Waals surface area (Å²) in [6, 6.07) is 25.1. The van der Waals surface area contributed by atoms with Gasteiger partial charge < -0.3 is 11.1 Å². The first-order valence-electron chi connectivity index (χ1n) is 8.09. The van der Waals surface area contributed by atoms with E-state index in [0.29, 0.717) is 5.56 Å². The third-order valence-electron chi connectivity index (χ3n) is 4.29. The quantitative estimate of drug-likeness (QED) is 0.627. The van der Waals surface area contributed by atoms with Gasteiger partial charge in [0.15, 0.2) is 5.66 Å². The number of primary amides is 1. The predicted molar refractivity (Wildman–Crippen MR) is 102 cm³/mol. The number of rotatable bonds is 5. The van der Waals surface area contributed by atoms with E-state index in [1.807, 2.05) is 73.7 Å². The van der Waals surface area contributed by atoms with E-state index < -0.39 is 11.6 Å². The minimum atomic E-state index is -1.48. The molecule has 4 heteroatoms. The lowest BCUT2D eigenvalue weighted by molar-refractivity contribution is -0.122. The maximum absolute atomic E-state index is 12.1. The Bertz CT molecular complexity index is 878. The van der Waals surface area contributed by atoms with Crippen LogP contribution in [-0.2, 0) is 10.5 Å². The van der Waals surface area contributed by atoms with Gasteiger partial charge in [-0.2, -0.15) is 0 Å². The van der Waals surface area contributed by atoms with Gasteiger partial charge in [-0.25, -0.2) is 0 Å². The van der Waals surface area contributed by atoms with Crippen molar-refractivity contribution in [1.29, 1.82) is 0 Å². The molecule has 5 N–H and O–H groups in total. The number of hydrogen-bond acceptors (Lipinski definition) is 3. The maximum atomic E-state index is 12.1. The van der Waals surface area contributed by atoms with Crippen molar-refractivity contribution < 1.29 is 4.79 Å². The van der Waals surface area contributed by atoms with E-state index in [0.717, 1.165) is 22.4 Å². The van der Waals surface area contributed by atoms with Gasteiger partial charge in [-0.3, -0.25) is 10.5 Å². The first kappa shape index (κ1) is 16.7. The molecule has 0 aliphatic rings. The Morgan fingerprint density at radius 3 is 2.08 bits per heavy atom. The summed E-state index contributed by atoms with van der Waals surface area (Å²) in [6.07, 6.45) is 0. The molecule has 4 nitrogen and oxygen atoms in total. The van der Waals surface area contributed by atoms with Crippen LogP contribution in [0.1, 0.15) is 11.1 Å². The highest BCUT2D eigenvalue weighted by Gasteiger charge is 2.34. The van der Waals surface area contributed by atoms with Gasteiger partial charge in [0.2, 0.25) is 0 Å². The highest BCUT2D eigenvalue weighted by Crippen LogP contribution is 2.29. The second-order valence-corrected chi connectivity index (χ2v) is 6.06. The van der Waals surface area contributed by atoms with Gasteiger partial charge in [-0.05, 0) is 29.7 Å². The third kappa shape index (κ3) is 3.39. The second-order valence-electron chi connectivity index (χ2n) is 6.06. The molecule has 1 amide bonds. The molecule has 0 aliphatic carbocycles. The van der Waals surface area contributed by atoms with Crippen LogP contribution < -0.4 is 16.8 Å².